The third kappa shape index (κ3) is 4.65. The topological polar surface area (TPSA) is 84.5 Å². The largest absolute Gasteiger partial charge is 0.465 e. The molecule has 0 aliphatic carbocycles. The Hall–Kier alpha value is -2.86. The number of nitrogens with one attached hydrogen (secondary N) is 2. The Morgan fingerprint density at radius 1 is 0.963 bits per heavy atom. The van der Waals surface area contributed by atoms with Gasteiger partial charge in [-0.1, -0.05) is 29.8 Å². The molecule has 2 amide bonds. The van der Waals surface area contributed by atoms with Gasteiger partial charge in [-0.2, -0.15) is 0 Å². The van der Waals surface area contributed by atoms with Crippen molar-refractivity contribution in [3.63, 3.8) is 0 Å². The average Bonchev–Trinajstić information content (AvgIpc) is 2.64. The van der Waals surface area contributed by atoms with Gasteiger partial charge in [-0.3, -0.25) is 9.59 Å². The predicted molar refractivity (Wildman–Crippen MR) is 105 cm³/mol. The van der Waals surface area contributed by atoms with E-state index in [9.17, 15) is 14.4 Å². The highest BCUT2D eigenvalue weighted by Crippen LogP contribution is 2.27. The molecule has 0 bridgehead atoms. The number of ether oxygens (including phenoxy) is 1. The molecule has 0 spiro atoms. The van der Waals surface area contributed by atoms with Crippen LogP contribution in [0.2, 0.25) is 5.02 Å². The van der Waals surface area contributed by atoms with Gasteiger partial charge in [-0.15, -0.1) is 0 Å². The Bertz CT molecular complexity index is 893. The van der Waals surface area contributed by atoms with Crippen LogP contribution in [-0.4, -0.2) is 24.9 Å². The number of aryl methyl sites for hydroxylation is 1. The fraction of sp³-hybridized carbons (Fsp3) is 0.250. The van der Waals surface area contributed by atoms with E-state index in [-0.39, 0.29) is 16.3 Å². The zero-order valence-corrected chi connectivity index (χ0v) is 16.3. The average molecular weight is 389 g/mol. The van der Waals surface area contributed by atoms with Gasteiger partial charge in [0.2, 0.25) is 11.8 Å². The van der Waals surface area contributed by atoms with Crippen molar-refractivity contribution in [2.75, 3.05) is 17.7 Å². The molecule has 0 aromatic heterocycles. The Balaban J connectivity index is 2.20. The van der Waals surface area contributed by atoms with Crippen LogP contribution in [0.3, 0.4) is 0 Å². The van der Waals surface area contributed by atoms with E-state index in [2.05, 4.69) is 15.4 Å². The molecular weight excluding hydrogens is 368 g/mol. The highest BCUT2D eigenvalue weighted by Gasteiger charge is 2.36. The SMILES string of the molecule is COC(=O)c1ccc(Cl)c(NC(=O)C(C)(C)C(=O)Nc2ccccc2C)c1. The van der Waals surface area contributed by atoms with Crippen molar-refractivity contribution in [3.8, 4) is 0 Å². The Kier molecular flexibility index (Phi) is 6.23. The maximum Gasteiger partial charge on any atom is 0.337 e. The summed E-state index contributed by atoms with van der Waals surface area (Å²) in [6.07, 6.45) is 0. The summed E-state index contributed by atoms with van der Waals surface area (Å²) < 4.78 is 4.66. The van der Waals surface area contributed by atoms with Gasteiger partial charge in [-0.05, 0) is 50.6 Å². The molecule has 142 valence electrons. The smallest absolute Gasteiger partial charge is 0.337 e. The lowest BCUT2D eigenvalue weighted by Crippen LogP contribution is -2.41. The molecule has 2 aromatic rings. The Labute approximate surface area is 162 Å². The summed E-state index contributed by atoms with van der Waals surface area (Å²) in [4.78, 5) is 37.0. The maximum atomic E-state index is 12.7. The summed E-state index contributed by atoms with van der Waals surface area (Å²) in [6.45, 7) is 4.88. The summed E-state index contributed by atoms with van der Waals surface area (Å²) in [5.74, 6) is -1.58. The van der Waals surface area contributed by atoms with Gasteiger partial charge >= 0.3 is 5.97 Å². The summed E-state index contributed by atoms with van der Waals surface area (Å²) in [5, 5.41) is 5.62. The van der Waals surface area contributed by atoms with Gasteiger partial charge in [-0.25, -0.2) is 4.79 Å². The van der Waals surface area contributed by atoms with E-state index in [0.717, 1.165) is 5.56 Å². The molecule has 0 saturated heterocycles. The highest BCUT2D eigenvalue weighted by atomic mass is 35.5. The van der Waals surface area contributed by atoms with Gasteiger partial charge in [0, 0.05) is 5.69 Å². The lowest BCUT2D eigenvalue weighted by atomic mass is 9.90. The normalized spacial score (nSPS) is 10.9. The van der Waals surface area contributed by atoms with Crippen LogP contribution in [0.15, 0.2) is 42.5 Å². The molecule has 0 heterocycles. The van der Waals surface area contributed by atoms with Crippen molar-refractivity contribution < 1.29 is 19.1 Å². The van der Waals surface area contributed by atoms with Crippen LogP contribution in [0.5, 0.6) is 0 Å². The van der Waals surface area contributed by atoms with Crippen LogP contribution < -0.4 is 10.6 Å². The van der Waals surface area contributed by atoms with Crippen molar-refractivity contribution in [2.24, 2.45) is 5.41 Å². The first-order valence-electron chi connectivity index (χ1n) is 8.23. The summed E-state index contributed by atoms with van der Waals surface area (Å²) in [5.41, 5.74) is 0.595. The van der Waals surface area contributed by atoms with Gasteiger partial charge in [0.05, 0.1) is 23.4 Å². The summed E-state index contributed by atoms with van der Waals surface area (Å²) >= 11 is 6.10. The van der Waals surface area contributed by atoms with E-state index in [0.29, 0.717) is 5.69 Å². The molecule has 2 rings (SSSR count). The molecule has 0 radical (unpaired) electrons. The fourth-order valence-electron chi connectivity index (χ4n) is 2.24. The number of hydrogen-bond donors (Lipinski definition) is 2. The second-order valence-electron chi connectivity index (χ2n) is 6.53. The lowest BCUT2D eigenvalue weighted by Gasteiger charge is -2.23. The van der Waals surface area contributed by atoms with Crippen LogP contribution in [0.4, 0.5) is 11.4 Å². The zero-order valence-electron chi connectivity index (χ0n) is 15.6. The van der Waals surface area contributed by atoms with Crippen molar-refractivity contribution in [1.29, 1.82) is 0 Å². The standard InChI is InChI=1S/C20H21ClN2O4/c1-12-7-5-6-8-15(12)22-18(25)20(2,3)19(26)23-16-11-13(17(24)27-4)9-10-14(16)21/h5-11H,1-4H3,(H,22,25)(H,23,26). The van der Waals surface area contributed by atoms with Crippen LogP contribution in [-0.2, 0) is 14.3 Å². The number of benzene rings is 2. The highest BCUT2D eigenvalue weighted by molar-refractivity contribution is 6.34. The van der Waals surface area contributed by atoms with Crippen LogP contribution in [0, 0.1) is 12.3 Å². The van der Waals surface area contributed by atoms with E-state index in [1.54, 1.807) is 12.1 Å². The Morgan fingerprint density at radius 2 is 1.56 bits per heavy atom. The third-order valence-electron chi connectivity index (χ3n) is 4.16. The second kappa shape index (κ2) is 8.22. The monoisotopic (exact) mass is 388 g/mol. The molecule has 2 N–H and O–H groups in total. The number of para-hydroxylation sites is 1. The zero-order chi connectivity index (χ0) is 20.2. The fourth-order valence-corrected chi connectivity index (χ4v) is 2.40. The number of hydrogen-bond acceptors (Lipinski definition) is 4. The minimum absolute atomic E-state index is 0.223. The van der Waals surface area contributed by atoms with Crippen molar-refractivity contribution in [2.45, 2.75) is 20.8 Å². The number of rotatable bonds is 5. The van der Waals surface area contributed by atoms with Gasteiger partial charge in [0.25, 0.3) is 0 Å². The number of carbonyl (C=O) groups is 3. The van der Waals surface area contributed by atoms with Gasteiger partial charge in [0.1, 0.15) is 5.41 Å². The second-order valence-corrected chi connectivity index (χ2v) is 6.94. The summed E-state index contributed by atoms with van der Waals surface area (Å²) in [6, 6.07) is 11.6. The quantitative estimate of drug-likeness (QED) is 0.598. The van der Waals surface area contributed by atoms with Crippen molar-refractivity contribution in [3.05, 3.63) is 58.6 Å². The molecular formula is C20H21ClN2O4. The van der Waals surface area contributed by atoms with Gasteiger partial charge in [0.15, 0.2) is 0 Å². The van der Waals surface area contributed by atoms with E-state index in [1.807, 2.05) is 19.1 Å². The predicted octanol–water partition coefficient (Wildman–Crippen LogP) is 4.04. The van der Waals surface area contributed by atoms with Crippen molar-refractivity contribution in [1.82, 2.24) is 0 Å². The molecule has 27 heavy (non-hydrogen) atoms. The van der Waals surface area contributed by atoms with Crippen molar-refractivity contribution >= 4 is 40.8 Å². The molecule has 0 aliphatic rings. The number of methoxy groups -OCH3 is 1. The number of carbonyl (C=O) groups excluding carboxylic acids is 3. The molecule has 6 nitrogen and oxygen atoms in total. The molecule has 7 heteroatoms. The van der Waals surface area contributed by atoms with E-state index in [4.69, 9.17) is 11.6 Å². The number of esters is 1. The van der Waals surface area contributed by atoms with Gasteiger partial charge < -0.3 is 15.4 Å². The molecule has 0 aliphatic heterocycles. The molecule has 0 saturated carbocycles. The van der Waals surface area contributed by atoms with Crippen LogP contribution in [0.25, 0.3) is 0 Å². The Morgan fingerprint density at radius 3 is 2.15 bits per heavy atom. The minimum atomic E-state index is -1.38. The number of halogens is 1. The lowest BCUT2D eigenvalue weighted by molar-refractivity contribution is -0.135. The molecule has 0 fully saturated rings. The first-order valence-corrected chi connectivity index (χ1v) is 8.61. The molecule has 0 atom stereocenters. The summed E-state index contributed by atoms with van der Waals surface area (Å²) in [7, 11) is 1.26. The van der Waals surface area contributed by atoms with E-state index >= 15 is 0 Å². The first kappa shape index (κ1) is 20.5. The van der Waals surface area contributed by atoms with E-state index in [1.165, 1.54) is 39.2 Å². The minimum Gasteiger partial charge on any atom is -0.465 e. The first-order chi connectivity index (χ1) is 12.7. The number of amides is 2. The van der Waals surface area contributed by atoms with E-state index < -0.39 is 23.2 Å². The maximum absolute atomic E-state index is 12.7. The van der Waals surface area contributed by atoms with Crippen LogP contribution >= 0.6 is 11.6 Å². The third-order valence-corrected chi connectivity index (χ3v) is 4.49. The molecule has 2 aromatic carbocycles. The van der Waals surface area contributed by atoms with Crippen LogP contribution in [0.1, 0.15) is 29.8 Å². The number of anilines is 2. The molecule has 0 unspecified atom stereocenters.